The molecule has 1 aromatic heterocycles. The molecule has 6 aromatic rings. The molecular weight excluding hydrogens is 755 g/mol. The zero-order valence-electron chi connectivity index (χ0n) is 35.4. The SMILES string of the molecule is CC(=NC(=NC(=N)c1ccc(-c2ccccc2)cc1)C1C(C2=NC3C=CC=CC3c3c2n(-c2ccccc2)c2ccccc32)=CC=CC1C)C1=CC=C(c2ccccc2)CC1C. The predicted molar refractivity (Wildman–Crippen MR) is 260 cm³/mol. The van der Waals surface area contributed by atoms with Gasteiger partial charge in [-0.1, -0.05) is 190 Å². The Labute approximate surface area is 364 Å². The van der Waals surface area contributed by atoms with Crippen LogP contribution in [0.4, 0.5) is 0 Å². The average molecular weight is 804 g/mol. The molecular formula is C57H49N5. The van der Waals surface area contributed by atoms with Crippen LogP contribution in [0, 0.1) is 23.2 Å². The van der Waals surface area contributed by atoms with Crippen LogP contribution in [0.1, 0.15) is 55.5 Å². The van der Waals surface area contributed by atoms with Gasteiger partial charge in [0, 0.05) is 28.3 Å². The van der Waals surface area contributed by atoms with Crippen molar-refractivity contribution in [2.24, 2.45) is 32.7 Å². The van der Waals surface area contributed by atoms with Crippen LogP contribution in [0.25, 0.3) is 33.3 Å². The van der Waals surface area contributed by atoms with Crippen molar-refractivity contribution in [2.45, 2.75) is 39.2 Å². The summed E-state index contributed by atoms with van der Waals surface area (Å²) in [6, 6.07) is 48.5. The monoisotopic (exact) mass is 803 g/mol. The third-order valence-electron chi connectivity index (χ3n) is 12.8. The number of benzene rings is 5. The molecule has 0 radical (unpaired) electrons. The second-order valence-electron chi connectivity index (χ2n) is 16.8. The number of allylic oxidation sites excluding steroid dienone is 9. The largest absolute Gasteiger partial charge is 0.307 e. The Kier molecular flexibility index (Phi) is 10.5. The molecule has 0 amide bonds. The number of amidine groups is 2. The van der Waals surface area contributed by atoms with Gasteiger partial charge in [0.1, 0.15) is 5.84 Å². The predicted octanol–water partition coefficient (Wildman–Crippen LogP) is 13.4. The Balaban J connectivity index is 1.13. The van der Waals surface area contributed by atoms with Crippen LogP contribution in [0.3, 0.4) is 0 Å². The average Bonchev–Trinajstić information content (AvgIpc) is 3.67. The zero-order chi connectivity index (χ0) is 42.2. The first-order valence-electron chi connectivity index (χ1n) is 21.8. The molecule has 5 unspecified atom stereocenters. The summed E-state index contributed by atoms with van der Waals surface area (Å²) >= 11 is 0. The number of aliphatic imine (C=N–C) groups is 3. The lowest BCUT2D eigenvalue weighted by atomic mass is 9.75. The number of fused-ring (bicyclic) bond motifs is 5. The van der Waals surface area contributed by atoms with E-state index in [1.165, 1.54) is 27.7 Å². The highest BCUT2D eigenvalue weighted by Crippen LogP contribution is 2.45. The molecule has 62 heavy (non-hydrogen) atoms. The van der Waals surface area contributed by atoms with Crippen LogP contribution >= 0.6 is 0 Å². The van der Waals surface area contributed by atoms with Crippen LogP contribution < -0.4 is 0 Å². The second kappa shape index (κ2) is 16.7. The van der Waals surface area contributed by atoms with E-state index in [1.807, 2.05) is 30.3 Å². The summed E-state index contributed by atoms with van der Waals surface area (Å²) in [5.41, 5.74) is 14.3. The molecule has 0 saturated carbocycles. The summed E-state index contributed by atoms with van der Waals surface area (Å²) in [4.78, 5) is 16.5. The van der Waals surface area contributed by atoms with Gasteiger partial charge < -0.3 is 4.57 Å². The van der Waals surface area contributed by atoms with Crippen molar-refractivity contribution in [3.05, 3.63) is 228 Å². The van der Waals surface area contributed by atoms with E-state index in [2.05, 4.69) is 189 Å². The Morgan fingerprint density at radius 1 is 0.661 bits per heavy atom. The van der Waals surface area contributed by atoms with E-state index in [-0.39, 0.29) is 35.5 Å². The topological polar surface area (TPSA) is 65.9 Å². The molecule has 5 heteroatoms. The first-order chi connectivity index (χ1) is 30.4. The van der Waals surface area contributed by atoms with E-state index >= 15 is 0 Å². The van der Waals surface area contributed by atoms with Gasteiger partial charge in [0.2, 0.25) is 0 Å². The molecule has 10 rings (SSSR count). The minimum atomic E-state index is -0.290. The molecule has 3 aliphatic carbocycles. The van der Waals surface area contributed by atoms with E-state index < -0.39 is 0 Å². The lowest BCUT2D eigenvalue weighted by molar-refractivity contribution is 0.613. The van der Waals surface area contributed by atoms with Crippen LogP contribution in [0.5, 0.6) is 0 Å². The smallest absolute Gasteiger partial charge is 0.153 e. The standard InChI is InChI=1S/C57H49N5/c1-37-18-17-27-49(54-55-53(47-25-13-15-28-50(47)60-54)48-26-14-16-29-51(48)62(55)45-23-11-6-12-24-45)52(37)57(61-56(58)43-32-30-42(31-33-43)40-19-7-4-8-20-40)59-39(3)46-35-34-44(36-38(46)2)41-21-9-5-10-22-41/h4-35,37-38,47,50,52,58H,36H2,1-3H3. The van der Waals surface area contributed by atoms with E-state index in [1.54, 1.807) is 0 Å². The van der Waals surface area contributed by atoms with Gasteiger partial charge in [0.05, 0.1) is 28.9 Å². The highest BCUT2D eigenvalue weighted by Gasteiger charge is 2.40. The minimum absolute atomic E-state index is 0.0149. The lowest BCUT2D eigenvalue weighted by Gasteiger charge is -2.34. The van der Waals surface area contributed by atoms with Crippen LogP contribution in [0.15, 0.2) is 220 Å². The summed E-state index contributed by atoms with van der Waals surface area (Å²) in [6.07, 6.45) is 20.9. The molecule has 0 spiro atoms. The number of para-hydroxylation sites is 2. The molecule has 5 atom stereocenters. The fourth-order valence-electron chi connectivity index (χ4n) is 9.76. The van der Waals surface area contributed by atoms with E-state index in [4.69, 9.17) is 15.0 Å². The highest BCUT2D eigenvalue weighted by molar-refractivity contribution is 6.22. The van der Waals surface area contributed by atoms with Gasteiger partial charge in [-0.25, -0.2) is 9.98 Å². The first-order valence-corrected chi connectivity index (χ1v) is 21.8. The molecule has 2 heterocycles. The fourth-order valence-corrected chi connectivity index (χ4v) is 9.76. The third-order valence-corrected chi connectivity index (χ3v) is 12.8. The van der Waals surface area contributed by atoms with Crippen molar-refractivity contribution < 1.29 is 0 Å². The van der Waals surface area contributed by atoms with Crippen molar-refractivity contribution >= 4 is 39.6 Å². The number of rotatable bonds is 7. The Morgan fingerprint density at radius 3 is 2.06 bits per heavy atom. The van der Waals surface area contributed by atoms with Gasteiger partial charge in [-0.05, 0) is 82.4 Å². The number of aromatic nitrogens is 1. The van der Waals surface area contributed by atoms with Crippen molar-refractivity contribution in [2.75, 3.05) is 0 Å². The number of nitrogens with one attached hydrogen (secondary N) is 1. The van der Waals surface area contributed by atoms with Crippen molar-refractivity contribution in [3.63, 3.8) is 0 Å². The summed E-state index contributed by atoms with van der Waals surface area (Å²) in [5, 5.41) is 10.8. The second-order valence-corrected chi connectivity index (χ2v) is 16.8. The van der Waals surface area contributed by atoms with Crippen LogP contribution in [-0.2, 0) is 0 Å². The normalized spacial score (nSPS) is 22.0. The maximum Gasteiger partial charge on any atom is 0.153 e. The molecule has 0 bridgehead atoms. The van der Waals surface area contributed by atoms with Crippen LogP contribution in [0.2, 0.25) is 0 Å². The molecule has 4 aliphatic rings. The van der Waals surface area contributed by atoms with Gasteiger partial charge in [0.25, 0.3) is 0 Å². The number of hydrogen-bond donors (Lipinski definition) is 1. The molecule has 0 fully saturated rings. The molecule has 1 N–H and O–H groups in total. The van der Waals surface area contributed by atoms with Crippen molar-refractivity contribution in [1.29, 1.82) is 5.41 Å². The zero-order valence-corrected chi connectivity index (χ0v) is 35.4. The summed E-state index contributed by atoms with van der Waals surface area (Å²) < 4.78 is 2.40. The first kappa shape index (κ1) is 38.9. The minimum Gasteiger partial charge on any atom is -0.307 e. The van der Waals surface area contributed by atoms with Gasteiger partial charge in [-0.15, -0.1) is 0 Å². The van der Waals surface area contributed by atoms with E-state index in [0.717, 1.165) is 57.0 Å². The quantitative estimate of drug-likeness (QED) is 0.123. The fraction of sp³-hybridized carbons (Fsp3) is 0.158. The van der Waals surface area contributed by atoms with E-state index in [9.17, 15) is 5.41 Å². The lowest BCUT2D eigenvalue weighted by Crippen LogP contribution is -2.34. The summed E-state index contributed by atoms with van der Waals surface area (Å²) in [7, 11) is 0. The van der Waals surface area contributed by atoms with Gasteiger partial charge >= 0.3 is 0 Å². The molecule has 0 saturated heterocycles. The summed E-state index contributed by atoms with van der Waals surface area (Å²) in [6.45, 7) is 6.64. The molecule has 302 valence electrons. The number of hydrogen-bond acceptors (Lipinski definition) is 2. The number of nitrogens with zero attached hydrogens (tertiary/aromatic N) is 4. The maximum absolute atomic E-state index is 9.57. The Hall–Kier alpha value is -7.24. The van der Waals surface area contributed by atoms with Crippen molar-refractivity contribution in [3.8, 4) is 16.8 Å². The molecule has 1 aliphatic heterocycles. The van der Waals surface area contributed by atoms with Crippen LogP contribution in [-0.4, -0.2) is 33.7 Å². The summed E-state index contributed by atoms with van der Waals surface area (Å²) in [5.74, 6) is 0.862. The third kappa shape index (κ3) is 7.24. The maximum atomic E-state index is 9.57. The molecule has 5 aromatic carbocycles. The Bertz CT molecular complexity index is 2970. The van der Waals surface area contributed by atoms with E-state index in [0.29, 0.717) is 5.84 Å². The van der Waals surface area contributed by atoms with Crippen molar-refractivity contribution in [1.82, 2.24) is 4.57 Å². The highest BCUT2D eigenvalue weighted by atomic mass is 15.0. The van der Waals surface area contributed by atoms with Gasteiger partial charge in [-0.3, -0.25) is 10.4 Å². The molecule has 5 nitrogen and oxygen atoms in total. The Morgan fingerprint density at radius 2 is 1.32 bits per heavy atom. The van der Waals surface area contributed by atoms with Gasteiger partial charge in [0.15, 0.2) is 5.84 Å². The van der Waals surface area contributed by atoms with Gasteiger partial charge in [-0.2, -0.15) is 0 Å².